The van der Waals surface area contributed by atoms with Gasteiger partial charge >= 0.3 is 6.09 Å². The van der Waals surface area contributed by atoms with Crippen molar-refractivity contribution in [3.63, 3.8) is 0 Å². The van der Waals surface area contributed by atoms with Crippen molar-refractivity contribution in [3.8, 4) is 17.0 Å². The first kappa shape index (κ1) is 29.3. The van der Waals surface area contributed by atoms with Crippen LogP contribution in [-0.2, 0) is 9.47 Å². The van der Waals surface area contributed by atoms with Crippen LogP contribution in [0.25, 0.3) is 16.8 Å². The van der Waals surface area contributed by atoms with Gasteiger partial charge in [0.2, 0.25) is 0 Å². The van der Waals surface area contributed by atoms with Gasteiger partial charge in [-0.15, -0.1) is 5.10 Å². The molecule has 1 unspecified atom stereocenters. The smallest absolute Gasteiger partial charge is 0.410 e. The minimum Gasteiger partial charge on any atom is -0.488 e. The first-order valence-electron chi connectivity index (χ1n) is 13.5. The Bertz CT molecular complexity index is 1590. The van der Waals surface area contributed by atoms with Crippen molar-refractivity contribution in [2.45, 2.75) is 58.3 Å². The quantitative estimate of drug-likeness (QED) is 0.296. The molecule has 1 aliphatic rings. The lowest BCUT2D eigenvalue weighted by Gasteiger charge is -2.33. The molecule has 1 saturated heterocycles. The zero-order chi connectivity index (χ0) is 30.2. The molecule has 1 fully saturated rings. The molecular weight excluding hydrogens is 555 g/mol. The number of ether oxygens (including phenoxy) is 3. The highest BCUT2D eigenvalue weighted by Crippen LogP contribution is 2.33. The highest BCUT2D eigenvalue weighted by Gasteiger charge is 2.29. The van der Waals surface area contributed by atoms with Crippen molar-refractivity contribution in [2.24, 2.45) is 0 Å². The number of amides is 1. The Morgan fingerprint density at radius 1 is 1.12 bits per heavy atom. The minimum absolute atomic E-state index is 0.0205. The van der Waals surface area contributed by atoms with Crippen LogP contribution in [-0.4, -0.2) is 73.0 Å². The molecule has 5 rings (SSSR count). The van der Waals surface area contributed by atoms with Crippen molar-refractivity contribution in [1.29, 1.82) is 0 Å². The molecule has 14 heteroatoms. The summed E-state index contributed by atoms with van der Waals surface area (Å²) in [5.41, 5.74) is 1.25. The fraction of sp³-hybridized carbons (Fsp3) is 0.464. The van der Waals surface area contributed by atoms with Gasteiger partial charge in [0.1, 0.15) is 52.6 Å². The summed E-state index contributed by atoms with van der Waals surface area (Å²) in [5, 5.41) is 12.9. The molecule has 4 aromatic heterocycles. The van der Waals surface area contributed by atoms with Gasteiger partial charge in [0, 0.05) is 38.0 Å². The van der Waals surface area contributed by atoms with Crippen LogP contribution in [0.1, 0.15) is 57.1 Å². The van der Waals surface area contributed by atoms with Crippen molar-refractivity contribution >= 4 is 11.6 Å². The van der Waals surface area contributed by atoms with Crippen molar-refractivity contribution < 1.29 is 32.2 Å². The number of rotatable bonds is 7. The summed E-state index contributed by atoms with van der Waals surface area (Å²) >= 11 is 0. The van der Waals surface area contributed by atoms with E-state index in [1.54, 1.807) is 17.2 Å². The van der Waals surface area contributed by atoms with E-state index < -0.39 is 29.2 Å². The van der Waals surface area contributed by atoms with E-state index in [2.05, 4.69) is 20.4 Å². The number of carbonyl (C=O) groups is 1. The Labute approximate surface area is 240 Å². The highest BCUT2D eigenvalue weighted by atomic mass is 19.1. The molecule has 1 aliphatic heterocycles. The third-order valence-corrected chi connectivity index (χ3v) is 7.01. The van der Waals surface area contributed by atoms with Crippen LogP contribution in [0.2, 0.25) is 0 Å². The van der Waals surface area contributed by atoms with Crippen LogP contribution in [0.4, 0.5) is 18.0 Å². The molecule has 0 spiro atoms. The summed E-state index contributed by atoms with van der Waals surface area (Å²) in [6.07, 6.45) is 3.58. The maximum Gasteiger partial charge on any atom is 0.410 e. The number of aromatic nitrogens is 6. The first-order valence-corrected chi connectivity index (χ1v) is 13.5. The van der Waals surface area contributed by atoms with Crippen LogP contribution in [0.5, 0.6) is 5.75 Å². The Balaban J connectivity index is 1.37. The Kier molecular flexibility index (Phi) is 8.08. The van der Waals surface area contributed by atoms with Gasteiger partial charge in [-0.3, -0.25) is 4.98 Å². The van der Waals surface area contributed by atoms with Crippen LogP contribution >= 0.6 is 0 Å². The summed E-state index contributed by atoms with van der Waals surface area (Å²) in [6.45, 7) is 8.20. The molecule has 224 valence electrons. The standard InChI is InChI=1S/C28H32F3N7O4/c1-16-24(34-35-38(16)19-6-8-36(9-7-19)27(39)42-28(2,3)4)17-10-22(26-21(31)13-33-37(26)14-17)41-15-23(40-5)25-20(30)11-18(29)12-32-25/h10-14,19,23H,6-9,15H2,1-5H3. The molecule has 1 atom stereocenters. The van der Waals surface area contributed by atoms with Gasteiger partial charge < -0.3 is 19.1 Å². The van der Waals surface area contributed by atoms with Crippen molar-refractivity contribution in [2.75, 3.05) is 26.8 Å². The molecule has 0 saturated carbocycles. The number of carbonyl (C=O) groups excluding carboxylic acids is 1. The second kappa shape index (κ2) is 11.6. The van der Waals surface area contributed by atoms with Gasteiger partial charge in [0.15, 0.2) is 5.82 Å². The van der Waals surface area contributed by atoms with Crippen molar-refractivity contribution in [1.82, 2.24) is 34.5 Å². The number of methoxy groups -OCH3 is 1. The SMILES string of the molecule is COC(COc1cc(-c2nnn(C3CCN(C(=O)OC(C)(C)C)CC3)c2C)cn2ncc(F)c12)c1ncc(F)cc1F. The van der Waals surface area contributed by atoms with E-state index >= 15 is 0 Å². The number of fused-ring (bicyclic) bond motifs is 1. The van der Waals surface area contributed by atoms with Gasteiger partial charge in [-0.2, -0.15) is 5.10 Å². The molecule has 1 amide bonds. The predicted octanol–water partition coefficient (Wildman–Crippen LogP) is 5.05. The Morgan fingerprint density at radius 2 is 1.86 bits per heavy atom. The maximum atomic E-state index is 14.7. The number of piperidine rings is 1. The van der Waals surface area contributed by atoms with Gasteiger partial charge in [-0.1, -0.05) is 5.21 Å². The molecule has 5 heterocycles. The van der Waals surface area contributed by atoms with Crippen LogP contribution < -0.4 is 4.74 Å². The highest BCUT2D eigenvalue weighted by molar-refractivity contribution is 5.70. The van der Waals surface area contributed by atoms with Gasteiger partial charge in [0.05, 0.1) is 24.1 Å². The van der Waals surface area contributed by atoms with E-state index in [-0.39, 0.29) is 35.7 Å². The average molecular weight is 588 g/mol. The number of nitrogens with zero attached hydrogens (tertiary/aromatic N) is 7. The Morgan fingerprint density at radius 3 is 2.52 bits per heavy atom. The molecule has 0 aromatic carbocycles. The summed E-state index contributed by atoms with van der Waals surface area (Å²) in [7, 11) is 1.34. The van der Waals surface area contributed by atoms with Gasteiger partial charge in [0.25, 0.3) is 0 Å². The van der Waals surface area contributed by atoms with E-state index in [1.165, 1.54) is 11.6 Å². The fourth-order valence-corrected chi connectivity index (χ4v) is 4.95. The maximum absolute atomic E-state index is 14.7. The number of pyridine rings is 2. The van der Waals surface area contributed by atoms with Crippen LogP contribution in [0, 0.1) is 24.4 Å². The minimum atomic E-state index is -0.991. The predicted molar refractivity (Wildman–Crippen MR) is 144 cm³/mol. The van der Waals surface area contributed by atoms with Gasteiger partial charge in [-0.05, 0) is 46.6 Å². The lowest BCUT2D eigenvalue weighted by atomic mass is 10.0. The molecule has 42 heavy (non-hydrogen) atoms. The second-order valence-corrected chi connectivity index (χ2v) is 11.1. The summed E-state index contributed by atoms with van der Waals surface area (Å²) < 4.78 is 62.3. The second-order valence-electron chi connectivity index (χ2n) is 11.1. The van der Waals surface area contributed by atoms with Crippen LogP contribution in [0.3, 0.4) is 0 Å². The largest absolute Gasteiger partial charge is 0.488 e. The molecule has 4 aromatic rings. The molecule has 11 nitrogen and oxygen atoms in total. The summed E-state index contributed by atoms with van der Waals surface area (Å²) in [4.78, 5) is 17.9. The number of likely N-dealkylation sites (tertiary alicyclic amines) is 1. The molecule has 0 bridgehead atoms. The van der Waals surface area contributed by atoms with E-state index in [0.29, 0.717) is 43.3 Å². The zero-order valence-electron chi connectivity index (χ0n) is 24.0. The topological polar surface area (TPSA) is 109 Å². The van der Waals surface area contributed by atoms with Crippen LogP contribution in [0.15, 0.2) is 30.7 Å². The molecule has 0 aliphatic carbocycles. The number of hydrogen-bond donors (Lipinski definition) is 0. The lowest BCUT2D eigenvalue weighted by molar-refractivity contribution is 0.0183. The van der Waals surface area contributed by atoms with E-state index in [4.69, 9.17) is 14.2 Å². The normalized spacial score (nSPS) is 15.3. The molecule has 0 radical (unpaired) electrons. The third-order valence-electron chi connectivity index (χ3n) is 7.01. The summed E-state index contributed by atoms with van der Waals surface area (Å²) in [6, 6.07) is 2.33. The van der Waals surface area contributed by atoms with E-state index in [0.717, 1.165) is 18.1 Å². The number of halogens is 3. The first-order chi connectivity index (χ1) is 19.9. The fourth-order valence-electron chi connectivity index (χ4n) is 4.95. The summed E-state index contributed by atoms with van der Waals surface area (Å²) in [5.74, 6) is -2.20. The number of hydrogen-bond acceptors (Lipinski definition) is 8. The lowest BCUT2D eigenvalue weighted by Crippen LogP contribution is -2.42. The zero-order valence-corrected chi connectivity index (χ0v) is 24.0. The Hall–Kier alpha value is -4.20. The van der Waals surface area contributed by atoms with Gasteiger partial charge in [-0.25, -0.2) is 27.2 Å². The molecular formula is C28H32F3N7O4. The molecule has 0 N–H and O–H groups in total. The third kappa shape index (κ3) is 6.03. The average Bonchev–Trinajstić information content (AvgIpc) is 3.51. The van der Waals surface area contributed by atoms with E-state index in [9.17, 15) is 18.0 Å². The van der Waals surface area contributed by atoms with Crippen molar-refractivity contribution in [3.05, 3.63) is 59.6 Å². The van der Waals surface area contributed by atoms with E-state index in [1.807, 2.05) is 32.4 Å². The monoisotopic (exact) mass is 587 g/mol.